The molecule has 2 N–H and O–H groups in total. The number of aromatic nitrogens is 2. The van der Waals surface area contributed by atoms with Crippen LogP contribution in [0.15, 0.2) is 12.3 Å². The fourth-order valence-electron chi connectivity index (χ4n) is 2.08. The van der Waals surface area contributed by atoms with E-state index < -0.39 is 0 Å². The molecule has 2 heterocycles. The number of carbonyl (C=O) groups excluding carboxylic acids is 1. The van der Waals surface area contributed by atoms with Gasteiger partial charge in [-0.1, -0.05) is 0 Å². The second-order valence-electron chi connectivity index (χ2n) is 4.60. The standard InChI is InChI=1S/C12H19N5O/c1-9-3-4-14-12(15-9)17-7-5-16(6-8-17)10(2)11(13)18/h3-4,10H,5-8H2,1-2H3,(H2,13,18). The fourth-order valence-corrected chi connectivity index (χ4v) is 2.08. The van der Waals surface area contributed by atoms with E-state index in [1.54, 1.807) is 6.20 Å². The summed E-state index contributed by atoms with van der Waals surface area (Å²) in [4.78, 5) is 24.0. The van der Waals surface area contributed by atoms with Crippen molar-refractivity contribution in [2.45, 2.75) is 19.9 Å². The molecule has 98 valence electrons. The van der Waals surface area contributed by atoms with Gasteiger partial charge >= 0.3 is 0 Å². The lowest BCUT2D eigenvalue weighted by Crippen LogP contribution is -2.53. The van der Waals surface area contributed by atoms with Crippen LogP contribution in [0.4, 0.5) is 5.95 Å². The third-order valence-electron chi connectivity index (χ3n) is 3.34. The van der Waals surface area contributed by atoms with Crippen LogP contribution in [0.5, 0.6) is 0 Å². The van der Waals surface area contributed by atoms with Crippen molar-refractivity contribution in [3.8, 4) is 0 Å². The number of aryl methyl sites for hydroxylation is 1. The van der Waals surface area contributed by atoms with E-state index in [1.165, 1.54) is 0 Å². The molecule has 0 saturated carbocycles. The molecule has 0 spiro atoms. The minimum Gasteiger partial charge on any atom is -0.368 e. The summed E-state index contributed by atoms with van der Waals surface area (Å²) < 4.78 is 0. The van der Waals surface area contributed by atoms with Crippen LogP contribution in [-0.2, 0) is 4.79 Å². The molecule has 0 radical (unpaired) electrons. The second kappa shape index (κ2) is 5.30. The SMILES string of the molecule is Cc1ccnc(N2CCN(C(C)C(N)=O)CC2)n1. The molecule has 18 heavy (non-hydrogen) atoms. The Morgan fingerprint density at radius 1 is 1.39 bits per heavy atom. The molecule has 1 aromatic rings. The zero-order valence-corrected chi connectivity index (χ0v) is 10.8. The summed E-state index contributed by atoms with van der Waals surface area (Å²) in [6.45, 7) is 7.06. The zero-order chi connectivity index (χ0) is 13.1. The minimum absolute atomic E-state index is 0.203. The van der Waals surface area contributed by atoms with Crippen LogP contribution >= 0.6 is 0 Å². The first-order valence-corrected chi connectivity index (χ1v) is 6.16. The zero-order valence-electron chi connectivity index (χ0n) is 10.8. The van der Waals surface area contributed by atoms with Crippen LogP contribution < -0.4 is 10.6 Å². The molecule has 6 heteroatoms. The van der Waals surface area contributed by atoms with E-state index in [4.69, 9.17) is 5.73 Å². The van der Waals surface area contributed by atoms with Gasteiger partial charge in [0.15, 0.2) is 0 Å². The minimum atomic E-state index is -0.268. The summed E-state index contributed by atoms with van der Waals surface area (Å²) >= 11 is 0. The Labute approximate surface area is 107 Å². The van der Waals surface area contributed by atoms with Crippen molar-refractivity contribution in [2.24, 2.45) is 5.73 Å². The van der Waals surface area contributed by atoms with E-state index in [0.29, 0.717) is 0 Å². The Morgan fingerprint density at radius 2 is 2.06 bits per heavy atom. The molecule has 1 atom stereocenters. The highest BCUT2D eigenvalue weighted by Gasteiger charge is 2.24. The molecule has 1 aliphatic rings. The van der Waals surface area contributed by atoms with E-state index in [-0.39, 0.29) is 11.9 Å². The van der Waals surface area contributed by atoms with Gasteiger partial charge in [0.05, 0.1) is 6.04 Å². The molecule has 1 saturated heterocycles. The van der Waals surface area contributed by atoms with Gasteiger partial charge in [0.2, 0.25) is 11.9 Å². The van der Waals surface area contributed by atoms with Crippen molar-refractivity contribution >= 4 is 11.9 Å². The van der Waals surface area contributed by atoms with Crippen molar-refractivity contribution in [3.63, 3.8) is 0 Å². The second-order valence-corrected chi connectivity index (χ2v) is 4.60. The molecule has 2 rings (SSSR count). The first-order chi connectivity index (χ1) is 8.58. The fraction of sp³-hybridized carbons (Fsp3) is 0.583. The van der Waals surface area contributed by atoms with Crippen molar-refractivity contribution in [1.82, 2.24) is 14.9 Å². The van der Waals surface area contributed by atoms with Gasteiger partial charge in [-0.05, 0) is 19.9 Å². The van der Waals surface area contributed by atoms with E-state index >= 15 is 0 Å². The highest BCUT2D eigenvalue weighted by molar-refractivity contribution is 5.79. The van der Waals surface area contributed by atoms with Gasteiger partial charge in [0.1, 0.15) is 0 Å². The Hall–Kier alpha value is -1.69. The number of hydrogen-bond donors (Lipinski definition) is 1. The Kier molecular flexibility index (Phi) is 3.76. The number of nitrogens with two attached hydrogens (primary N) is 1. The summed E-state index contributed by atoms with van der Waals surface area (Å²) in [6.07, 6.45) is 1.77. The summed E-state index contributed by atoms with van der Waals surface area (Å²) in [5, 5.41) is 0. The summed E-state index contributed by atoms with van der Waals surface area (Å²) in [5.41, 5.74) is 6.28. The highest BCUT2D eigenvalue weighted by Crippen LogP contribution is 2.12. The first-order valence-electron chi connectivity index (χ1n) is 6.16. The number of nitrogens with zero attached hydrogens (tertiary/aromatic N) is 4. The molecule has 1 amide bonds. The van der Waals surface area contributed by atoms with Gasteiger partial charge in [-0.3, -0.25) is 9.69 Å². The molecule has 1 unspecified atom stereocenters. The molecule has 6 nitrogen and oxygen atoms in total. The largest absolute Gasteiger partial charge is 0.368 e. The molecule has 0 aliphatic carbocycles. The van der Waals surface area contributed by atoms with Crippen LogP contribution in [0.2, 0.25) is 0 Å². The maximum Gasteiger partial charge on any atom is 0.234 e. The summed E-state index contributed by atoms with van der Waals surface area (Å²) in [5.74, 6) is 0.497. The van der Waals surface area contributed by atoms with Crippen LogP contribution in [-0.4, -0.2) is 53.0 Å². The Bertz CT molecular complexity index is 428. The number of rotatable bonds is 3. The van der Waals surface area contributed by atoms with Crippen LogP contribution in [0, 0.1) is 6.92 Å². The topological polar surface area (TPSA) is 75.3 Å². The molecular formula is C12H19N5O. The number of primary amides is 1. The molecule has 0 aromatic carbocycles. The highest BCUT2D eigenvalue weighted by atomic mass is 16.1. The lowest BCUT2D eigenvalue weighted by molar-refractivity contribution is -0.122. The van der Waals surface area contributed by atoms with Crippen molar-refractivity contribution < 1.29 is 4.79 Å². The summed E-state index contributed by atoms with van der Waals surface area (Å²) in [7, 11) is 0. The number of amides is 1. The smallest absolute Gasteiger partial charge is 0.234 e. The van der Waals surface area contributed by atoms with Crippen LogP contribution in [0.3, 0.4) is 0 Å². The summed E-state index contributed by atoms with van der Waals surface area (Å²) in [6, 6.07) is 1.68. The maximum atomic E-state index is 11.1. The van der Waals surface area contributed by atoms with E-state index in [0.717, 1.165) is 37.8 Å². The van der Waals surface area contributed by atoms with Crippen molar-refractivity contribution in [2.75, 3.05) is 31.1 Å². The van der Waals surface area contributed by atoms with Gasteiger partial charge in [-0.2, -0.15) is 0 Å². The van der Waals surface area contributed by atoms with Gasteiger partial charge in [0.25, 0.3) is 0 Å². The average Bonchev–Trinajstić information content (AvgIpc) is 2.38. The Balaban J connectivity index is 1.96. The normalized spacial score (nSPS) is 18.7. The predicted octanol–water partition coefficient (Wildman–Crippen LogP) is -0.219. The van der Waals surface area contributed by atoms with E-state index in [2.05, 4.69) is 19.8 Å². The van der Waals surface area contributed by atoms with Gasteiger partial charge in [0, 0.05) is 38.1 Å². The number of anilines is 1. The molecular weight excluding hydrogens is 230 g/mol. The first kappa shape index (κ1) is 12.8. The van der Waals surface area contributed by atoms with Crippen molar-refractivity contribution in [1.29, 1.82) is 0 Å². The molecule has 1 aromatic heterocycles. The van der Waals surface area contributed by atoms with Crippen molar-refractivity contribution in [3.05, 3.63) is 18.0 Å². The predicted molar refractivity (Wildman–Crippen MR) is 69.2 cm³/mol. The van der Waals surface area contributed by atoms with Crippen LogP contribution in [0.25, 0.3) is 0 Å². The lowest BCUT2D eigenvalue weighted by atomic mass is 10.2. The van der Waals surface area contributed by atoms with Gasteiger partial charge in [-0.15, -0.1) is 0 Å². The van der Waals surface area contributed by atoms with Crippen LogP contribution in [0.1, 0.15) is 12.6 Å². The number of hydrogen-bond acceptors (Lipinski definition) is 5. The molecule has 1 aliphatic heterocycles. The number of carbonyl (C=O) groups is 1. The number of piperazine rings is 1. The lowest BCUT2D eigenvalue weighted by Gasteiger charge is -2.36. The third-order valence-corrected chi connectivity index (χ3v) is 3.34. The van der Waals surface area contributed by atoms with E-state index in [9.17, 15) is 4.79 Å². The van der Waals surface area contributed by atoms with E-state index in [1.807, 2.05) is 19.9 Å². The maximum absolute atomic E-state index is 11.1. The average molecular weight is 249 g/mol. The van der Waals surface area contributed by atoms with Gasteiger partial charge < -0.3 is 10.6 Å². The van der Waals surface area contributed by atoms with Gasteiger partial charge in [-0.25, -0.2) is 9.97 Å². The molecule has 0 bridgehead atoms. The molecule has 1 fully saturated rings. The third kappa shape index (κ3) is 2.76. The monoisotopic (exact) mass is 249 g/mol. The Morgan fingerprint density at radius 3 is 2.61 bits per heavy atom. The quantitative estimate of drug-likeness (QED) is 0.801.